The van der Waals surface area contributed by atoms with Gasteiger partial charge in [0, 0.05) is 28.3 Å². The van der Waals surface area contributed by atoms with E-state index in [4.69, 9.17) is 4.42 Å². The highest BCUT2D eigenvalue weighted by molar-refractivity contribution is 7.98. The third-order valence-corrected chi connectivity index (χ3v) is 5.71. The molecule has 0 saturated carbocycles. The van der Waals surface area contributed by atoms with E-state index in [2.05, 4.69) is 20.8 Å². The first kappa shape index (κ1) is 23.2. The Morgan fingerprint density at radius 1 is 0.882 bits per heavy atom. The molecule has 172 valence electrons. The fourth-order valence-electron chi connectivity index (χ4n) is 3.13. The molecule has 2 aromatic carbocycles. The van der Waals surface area contributed by atoms with Crippen molar-refractivity contribution in [2.75, 3.05) is 0 Å². The molecule has 34 heavy (non-hydrogen) atoms. The van der Waals surface area contributed by atoms with Crippen LogP contribution in [0.15, 0.2) is 76.3 Å². The summed E-state index contributed by atoms with van der Waals surface area (Å²) in [5.41, 5.74) is 8.58. The maximum atomic E-state index is 13.1. The summed E-state index contributed by atoms with van der Waals surface area (Å²) in [7, 11) is 0. The molecule has 4 aromatic rings. The van der Waals surface area contributed by atoms with Crippen LogP contribution in [0.2, 0.25) is 0 Å². The lowest BCUT2D eigenvalue weighted by atomic mass is 10.1. The quantitative estimate of drug-likeness (QED) is 0.234. The minimum absolute atomic E-state index is 0.0144. The zero-order chi connectivity index (χ0) is 24.1. The van der Waals surface area contributed by atoms with Gasteiger partial charge < -0.3 is 4.42 Å². The van der Waals surface area contributed by atoms with Gasteiger partial charge in [-0.05, 0) is 74.0 Å². The van der Waals surface area contributed by atoms with Crippen LogP contribution in [-0.4, -0.2) is 21.8 Å². The number of hydrogen-bond donors (Lipinski definition) is 2. The lowest BCUT2D eigenvalue weighted by Gasteiger charge is -2.07. The van der Waals surface area contributed by atoms with Gasteiger partial charge in [-0.2, -0.15) is 0 Å². The van der Waals surface area contributed by atoms with Crippen molar-refractivity contribution < 1.29 is 18.4 Å². The van der Waals surface area contributed by atoms with E-state index in [1.807, 2.05) is 32.0 Å². The fourth-order valence-corrected chi connectivity index (χ4v) is 4.04. The number of rotatable bonds is 6. The van der Waals surface area contributed by atoms with Crippen molar-refractivity contribution in [3.8, 4) is 11.3 Å². The standard InChI is InChI=1S/C25H21FN4O3S/c1-15-13-16(2)28-25(27-15)34-14-17-3-5-19(6-4-17)23(31)29-30-24(32)22-12-11-21(33-22)18-7-9-20(26)10-8-18/h3-13H,14H2,1-2H3,(H,29,31)(H,30,32). The molecule has 0 atom stereocenters. The Balaban J connectivity index is 1.30. The molecule has 0 radical (unpaired) electrons. The van der Waals surface area contributed by atoms with E-state index in [1.54, 1.807) is 30.3 Å². The summed E-state index contributed by atoms with van der Waals surface area (Å²) in [6, 6.07) is 17.8. The third-order valence-electron chi connectivity index (χ3n) is 4.79. The molecule has 0 unspecified atom stereocenters. The number of carbonyl (C=O) groups excluding carboxylic acids is 2. The predicted octanol–water partition coefficient (Wildman–Crippen LogP) is 4.86. The second-order valence-electron chi connectivity index (χ2n) is 7.50. The Hall–Kier alpha value is -3.98. The Morgan fingerprint density at radius 2 is 1.53 bits per heavy atom. The summed E-state index contributed by atoms with van der Waals surface area (Å²) in [5.74, 6) is -0.343. The van der Waals surface area contributed by atoms with Gasteiger partial charge >= 0.3 is 5.91 Å². The normalized spacial score (nSPS) is 10.7. The molecule has 0 aliphatic rings. The number of aryl methyl sites for hydroxylation is 2. The van der Waals surface area contributed by atoms with E-state index < -0.39 is 11.8 Å². The van der Waals surface area contributed by atoms with E-state index in [-0.39, 0.29) is 11.6 Å². The molecule has 0 spiro atoms. The molecule has 2 heterocycles. The topological polar surface area (TPSA) is 97.1 Å². The lowest BCUT2D eigenvalue weighted by Crippen LogP contribution is -2.41. The fraction of sp³-hybridized carbons (Fsp3) is 0.120. The highest BCUT2D eigenvalue weighted by Crippen LogP contribution is 2.22. The van der Waals surface area contributed by atoms with Gasteiger partial charge in [-0.3, -0.25) is 20.4 Å². The van der Waals surface area contributed by atoms with Gasteiger partial charge in [-0.1, -0.05) is 23.9 Å². The van der Waals surface area contributed by atoms with Crippen LogP contribution in [-0.2, 0) is 5.75 Å². The van der Waals surface area contributed by atoms with Crippen molar-refractivity contribution in [1.29, 1.82) is 0 Å². The zero-order valence-corrected chi connectivity index (χ0v) is 19.3. The Morgan fingerprint density at radius 3 is 2.21 bits per heavy atom. The Bertz CT molecular complexity index is 1300. The van der Waals surface area contributed by atoms with Crippen LogP contribution in [0.1, 0.15) is 37.9 Å². The van der Waals surface area contributed by atoms with Crippen LogP contribution in [0.3, 0.4) is 0 Å². The zero-order valence-electron chi connectivity index (χ0n) is 18.5. The molecule has 2 N–H and O–H groups in total. The van der Waals surface area contributed by atoms with Crippen molar-refractivity contribution in [3.05, 3.63) is 101 Å². The average molecular weight is 477 g/mol. The molecular formula is C25H21FN4O3S. The minimum Gasteiger partial charge on any atom is -0.451 e. The Labute approximate surface area is 199 Å². The molecule has 9 heteroatoms. The molecule has 0 saturated heterocycles. The van der Waals surface area contributed by atoms with Crippen molar-refractivity contribution >= 4 is 23.6 Å². The van der Waals surface area contributed by atoms with Crippen molar-refractivity contribution in [2.45, 2.75) is 24.8 Å². The first-order valence-electron chi connectivity index (χ1n) is 10.4. The molecule has 2 aromatic heterocycles. The Kier molecular flexibility index (Phi) is 7.03. The van der Waals surface area contributed by atoms with Crippen molar-refractivity contribution in [1.82, 2.24) is 20.8 Å². The van der Waals surface area contributed by atoms with Crippen LogP contribution in [0.4, 0.5) is 4.39 Å². The second-order valence-corrected chi connectivity index (χ2v) is 8.44. The molecule has 0 aliphatic heterocycles. The number of carbonyl (C=O) groups is 2. The van der Waals surface area contributed by atoms with Gasteiger partial charge in [0.1, 0.15) is 11.6 Å². The molecule has 2 amide bonds. The number of aromatic nitrogens is 2. The minimum atomic E-state index is -0.608. The number of furan rings is 1. The highest BCUT2D eigenvalue weighted by atomic mass is 32.2. The number of hydrogen-bond acceptors (Lipinski definition) is 6. The van der Waals surface area contributed by atoms with Gasteiger partial charge in [-0.15, -0.1) is 0 Å². The van der Waals surface area contributed by atoms with Crippen LogP contribution in [0.25, 0.3) is 11.3 Å². The summed E-state index contributed by atoms with van der Waals surface area (Å²) < 4.78 is 18.6. The number of amides is 2. The molecule has 7 nitrogen and oxygen atoms in total. The lowest BCUT2D eigenvalue weighted by molar-refractivity contribution is 0.0831. The van der Waals surface area contributed by atoms with E-state index in [9.17, 15) is 14.0 Å². The molecule has 0 aliphatic carbocycles. The first-order valence-corrected chi connectivity index (χ1v) is 11.4. The molecule has 4 rings (SSSR count). The summed E-state index contributed by atoms with van der Waals surface area (Å²) in [4.78, 5) is 33.5. The summed E-state index contributed by atoms with van der Waals surface area (Å²) in [6.45, 7) is 3.86. The van der Waals surface area contributed by atoms with Crippen molar-refractivity contribution in [2.24, 2.45) is 0 Å². The van der Waals surface area contributed by atoms with Gasteiger partial charge in [-0.25, -0.2) is 14.4 Å². The highest BCUT2D eigenvalue weighted by Gasteiger charge is 2.14. The molecular weight excluding hydrogens is 455 g/mol. The maximum Gasteiger partial charge on any atom is 0.305 e. The van der Waals surface area contributed by atoms with Crippen molar-refractivity contribution in [3.63, 3.8) is 0 Å². The molecule has 0 bridgehead atoms. The van der Waals surface area contributed by atoms with Crippen LogP contribution >= 0.6 is 11.8 Å². The number of hydrazine groups is 1. The average Bonchev–Trinajstić information content (AvgIpc) is 3.32. The number of nitrogens with one attached hydrogen (secondary N) is 2. The van der Waals surface area contributed by atoms with Gasteiger partial charge in [0.25, 0.3) is 5.91 Å². The van der Waals surface area contributed by atoms with Gasteiger partial charge in [0.2, 0.25) is 0 Å². The summed E-state index contributed by atoms with van der Waals surface area (Å²) in [6.07, 6.45) is 0. The van der Waals surface area contributed by atoms with Crippen LogP contribution in [0.5, 0.6) is 0 Å². The smallest absolute Gasteiger partial charge is 0.305 e. The number of halogens is 1. The third kappa shape index (κ3) is 5.87. The van der Waals surface area contributed by atoms with E-state index >= 15 is 0 Å². The second kappa shape index (κ2) is 10.3. The van der Waals surface area contributed by atoms with Gasteiger partial charge in [0.05, 0.1) is 0 Å². The van der Waals surface area contributed by atoms with E-state index in [1.165, 1.54) is 30.0 Å². The number of thioether (sulfide) groups is 1. The maximum absolute atomic E-state index is 13.1. The van der Waals surface area contributed by atoms with Crippen LogP contribution < -0.4 is 10.9 Å². The van der Waals surface area contributed by atoms with E-state index in [0.29, 0.717) is 27.8 Å². The number of nitrogens with zero attached hydrogens (tertiary/aromatic N) is 2. The summed E-state index contributed by atoms with van der Waals surface area (Å²) >= 11 is 1.52. The SMILES string of the molecule is Cc1cc(C)nc(SCc2ccc(C(=O)NNC(=O)c3ccc(-c4ccc(F)cc4)o3)cc2)n1. The largest absolute Gasteiger partial charge is 0.451 e. The summed E-state index contributed by atoms with van der Waals surface area (Å²) in [5, 5.41) is 0.711. The number of benzene rings is 2. The van der Waals surface area contributed by atoms with Gasteiger partial charge in [0.15, 0.2) is 10.9 Å². The first-order chi connectivity index (χ1) is 16.4. The molecule has 0 fully saturated rings. The monoisotopic (exact) mass is 476 g/mol. The van der Waals surface area contributed by atoms with E-state index in [0.717, 1.165) is 17.0 Å². The van der Waals surface area contributed by atoms with Crippen LogP contribution in [0, 0.1) is 19.7 Å². The predicted molar refractivity (Wildman–Crippen MR) is 127 cm³/mol.